The number of urea groups is 1. The molecule has 0 atom stereocenters. The van der Waals surface area contributed by atoms with Crippen molar-refractivity contribution in [1.82, 2.24) is 0 Å². The van der Waals surface area contributed by atoms with Gasteiger partial charge in [0.15, 0.2) is 0 Å². The van der Waals surface area contributed by atoms with Crippen LogP contribution < -0.4 is 15.4 Å². The summed E-state index contributed by atoms with van der Waals surface area (Å²) >= 11 is 0. The Bertz CT molecular complexity index is 732. The molecule has 0 heterocycles. The number of nitro benzene ring substituents is 1. The molecule has 0 spiro atoms. The van der Waals surface area contributed by atoms with Crippen LogP contribution in [0, 0.1) is 10.1 Å². The molecule has 4 N–H and O–H groups in total. The molecule has 2 aromatic carbocycles. The number of aromatic hydroxyl groups is 1. The van der Waals surface area contributed by atoms with Gasteiger partial charge in [0.2, 0.25) is 0 Å². The number of rotatable bonds is 6. The standard InChI is InChI=1S/C15H15N3O6/c19-7-8-24-12-4-1-10(2-5-12)16-15(21)17-13-6-3-11(18(22)23)9-14(13)20/h1-6,9,19-20H,7-8H2,(H2,16,17,21). The summed E-state index contributed by atoms with van der Waals surface area (Å²) in [5, 5.41) is 33.9. The molecule has 0 radical (unpaired) electrons. The molecular weight excluding hydrogens is 318 g/mol. The molecule has 9 nitrogen and oxygen atoms in total. The van der Waals surface area contributed by atoms with E-state index in [1.54, 1.807) is 24.3 Å². The Labute approximate surface area is 136 Å². The molecule has 0 aliphatic rings. The number of aliphatic hydroxyl groups excluding tert-OH is 1. The fraction of sp³-hybridized carbons (Fsp3) is 0.133. The van der Waals surface area contributed by atoms with E-state index < -0.39 is 16.7 Å². The molecule has 2 amide bonds. The number of carbonyl (C=O) groups is 1. The van der Waals surface area contributed by atoms with Crippen LogP contribution in [0.5, 0.6) is 11.5 Å². The molecule has 0 fully saturated rings. The minimum atomic E-state index is -0.649. The summed E-state index contributed by atoms with van der Waals surface area (Å²) < 4.78 is 5.19. The van der Waals surface area contributed by atoms with E-state index in [9.17, 15) is 20.0 Å². The molecule has 0 saturated carbocycles. The zero-order chi connectivity index (χ0) is 17.5. The zero-order valence-electron chi connectivity index (χ0n) is 12.4. The van der Waals surface area contributed by atoms with Gasteiger partial charge in [0, 0.05) is 11.8 Å². The fourth-order valence-corrected chi connectivity index (χ4v) is 1.82. The van der Waals surface area contributed by atoms with Crippen molar-refractivity contribution in [3.8, 4) is 11.5 Å². The normalized spacial score (nSPS) is 10.0. The number of carbonyl (C=O) groups excluding carboxylic acids is 1. The first-order valence-electron chi connectivity index (χ1n) is 6.88. The van der Waals surface area contributed by atoms with Gasteiger partial charge in [0.25, 0.3) is 5.69 Å². The van der Waals surface area contributed by atoms with Crippen molar-refractivity contribution in [3.05, 3.63) is 52.6 Å². The van der Waals surface area contributed by atoms with Crippen LogP contribution in [-0.4, -0.2) is 34.4 Å². The average Bonchev–Trinajstić information content (AvgIpc) is 2.56. The van der Waals surface area contributed by atoms with Crippen LogP contribution in [-0.2, 0) is 0 Å². The van der Waals surface area contributed by atoms with E-state index in [1.165, 1.54) is 12.1 Å². The highest BCUT2D eigenvalue weighted by Gasteiger charge is 2.12. The molecule has 0 aromatic heterocycles. The van der Waals surface area contributed by atoms with Crippen LogP contribution in [0.1, 0.15) is 0 Å². The van der Waals surface area contributed by atoms with Gasteiger partial charge in [-0.3, -0.25) is 10.1 Å². The number of nitrogens with zero attached hydrogens (tertiary/aromatic N) is 1. The van der Waals surface area contributed by atoms with Crippen molar-refractivity contribution in [1.29, 1.82) is 0 Å². The Morgan fingerprint density at radius 1 is 1.17 bits per heavy atom. The summed E-state index contributed by atoms with van der Waals surface area (Å²) in [6.45, 7) is 0.0772. The summed E-state index contributed by atoms with van der Waals surface area (Å²) in [6.07, 6.45) is 0. The zero-order valence-corrected chi connectivity index (χ0v) is 12.4. The van der Waals surface area contributed by atoms with E-state index in [0.29, 0.717) is 11.4 Å². The summed E-state index contributed by atoms with van der Waals surface area (Å²) in [7, 11) is 0. The van der Waals surface area contributed by atoms with Crippen molar-refractivity contribution < 1.29 is 24.7 Å². The summed E-state index contributed by atoms with van der Waals surface area (Å²) in [5.41, 5.74) is 0.239. The molecule has 0 saturated heterocycles. The molecule has 0 aliphatic carbocycles. The van der Waals surface area contributed by atoms with Crippen LogP contribution in [0.15, 0.2) is 42.5 Å². The number of nitrogens with one attached hydrogen (secondary N) is 2. The number of amides is 2. The maximum absolute atomic E-state index is 11.9. The molecule has 126 valence electrons. The largest absolute Gasteiger partial charge is 0.506 e. The summed E-state index contributed by atoms with van der Waals surface area (Å²) in [6, 6.07) is 9.17. The van der Waals surface area contributed by atoms with Gasteiger partial charge in [-0.25, -0.2) is 4.79 Å². The molecule has 0 unspecified atom stereocenters. The summed E-state index contributed by atoms with van der Waals surface area (Å²) in [4.78, 5) is 21.8. The first-order valence-corrected chi connectivity index (χ1v) is 6.88. The second kappa shape index (κ2) is 7.79. The third-order valence-corrected chi connectivity index (χ3v) is 2.91. The molecule has 24 heavy (non-hydrogen) atoms. The minimum absolute atomic E-state index is 0.0426. The van der Waals surface area contributed by atoms with E-state index in [-0.39, 0.29) is 24.6 Å². The Morgan fingerprint density at radius 3 is 2.46 bits per heavy atom. The van der Waals surface area contributed by atoms with E-state index in [2.05, 4.69) is 10.6 Å². The lowest BCUT2D eigenvalue weighted by atomic mass is 10.2. The minimum Gasteiger partial charge on any atom is -0.506 e. The highest BCUT2D eigenvalue weighted by atomic mass is 16.6. The van der Waals surface area contributed by atoms with Crippen molar-refractivity contribution in [2.45, 2.75) is 0 Å². The van der Waals surface area contributed by atoms with Gasteiger partial charge in [-0.15, -0.1) is 0 Å². The topological polar surface area (TPSA) is 134 Å². The lowest BCUT2D eigenvalue weighted by Crippen LogP contribution is -2.19. The molecule has 0 aliphatic heterocycles. The number of non-ortho nitro benzene ring substituents is 1. The van der Waals surface area contributed by atoms with Crippen LogP contribution in [0.4, 0.5) is 21.9 Å². The van der Waals surface area contributed by atoms with Crippen LogP contribution in [0.2, 0.25) is 0 Å². The fourth-order valence-electron chi connectivity index (χ4n) is 1.82. The number of hydrogen-bond acceptors (Lipinski definition) is 6. The second-order valence-electron chi connectivity index (χ2n) is 4.63. The highest BCUT2D eigenvalue weighted by molar-refractivity contribution is 6.00. The van der Waals surface area contributed by atoms with Gasteiger partial charge in [0.05, 0.1) is 23.3 Å². The van der Waals surface area contributed by atoms with Gasteiger partial charge in [-0.1, -0.05) is 0 Å². The Morgan fingerprint density at radius 2 is 1.88 bits per heavy atom. The number of benzene rings is 2. The van der Waals surface area contributed by atoms with E-state index in [0.717, 1.165) is 6.07 Å². The number of phenols is 1. The number of ether oxygens (including phenoxy) is 1. The first kappa shape index (κ1) is 17.0. The number of nitro groups is 1. The highest BCUT2D eigenvalue weighted by Crippen LogP contribution is 2.28. The van der Waals surface area contributed by atoms with Crippen molar-refractivity contribution in [2.24, 2.45) is 0 Å². The first-order chi connectivity index (χ1) is 11.5. The van der Waals surface area contributed by atoms with Crippen LogP contribution in [0.25, 0.3) is 0 Å². The van der Waals surface area contributed by atoms with Crippen molar-refractivity contribution in [2.75, 3.05) is 23.8 Å². The average molecular weight is 333 g/mol. The maximum atomic E-state index is 11.9. The Balaban J connectivity index is 1.96. The van der Waals surface area contributed by atoms with Gasteiger partial charge in [-0.2, -0.15) is 0 Å². The molecule has 9 heteroatoms. The lowest BCUT2D eigenvalue weighted by molar-refractivity contribution is -0.384. The SMILES string of the molecule is O=C(Nc1ccc(OCCO)cc1)Nc1ccc([N+](=O)[O-])cc1O. The molecule has 0 bridgehead atoms. The number of hydrogen-bond donors (Lipinski definition) is 4. The Hall–Kier alpha value is -3.33. The second-order valence-corrected chi connectivity index (χ2v) is 4.63. The number of anilines is 2. The lowest BCUT2D eigenvalue weighted by Gasteiger charge is -2.10. The monoisotopic (exact) mass is 333 g/mol. The van der Waals surface area contributed by atoms with Gasteiger partial charge >= 0.3 is 6.03 Å². The van der Waals surface area contributed by atoms with Crippen molar-refractivity contribution >= 4 is 23.1 Å². The van der Waals surface area contributed by atoms with E-state index in [4.69, 9.17) is 9.84 Å². The Kier molecular flexibility index (Phi) is 5.53. The van der Waals surface area contributed by atoms with Crippen LogP contribution in [0.3, 0.4) is 0 Å². The molecule has 2 aromatic rings. The third-order valence-electron chi connectivity index (χ3n) is 2.91. The predicted octanol–water partition coefficient (Wildman–Crippen LogP) is 2.32. The smallest absolute Gasteiger partial charge is 0.323 e. The summed E-state index contributed by atoms with van der Waals surface area (Å²) in [5.74, 6) is 0.134. The van der Waals surface area contributed by atoms with Gasteiger partial charge in [-0.05, 0) is 30.3 Å². The van der Waals surface area contributed by atoms with Gasteiger partial charge < -0.3 is 25.6 Å². The van der Waals surface area contributed by atoms with E-state index in [1.807, 2.05) is 0 Å². The quantitative estimate of drug-likeness (QED) is 0.364. The molecule has 2 rings (SSSR count). The van der Waals surface area contributed by atoms with Crippen LogP contribution >= 0.6 is 0 Å². The predicted molar refractivity (Wildman–Crippen MR) is 86.4 cm³/mol. The number of phenolic OH excluding ortho intramolecular Hbond substituents is 1. The number of aliphatic hydroxyl groups is 1. The molecular formula is C15H15N3O6. The maximum Gasteiger partial charge on any atom is 0.323 e. The van der Waals surface area contributed by atoms with Gasteiger partial charge in [0.1, 0.15) is 18.1 Å². The van der Waals surface area contributed by atoms with E-state index >= 15 is 0 Å². The third kappa shape index (κ3) is 4.58. The van der Waals surface area contributed by atoms with Crippen molar-refractivity contribution in [3.63, 3.8) is 0 Å².